The lowest BCUT2D eigenvalue weighted by molar-refractivity contribution is -0.163. The fourth-order valence-electron chi connectivity index (χ4n) is 12.1. The van der Waals surface area contributed by atoms with Crippen molar-refractivity contribution in [2.24, 2.45) is 74.5 Å². The third kappa shape index (κ3) is 5.50. The molecule has 0 aromatic heterocycles. The van der Waals surface area contributed by atoms with Crippen LogP contribution >= 0.6 is 0 Å². The van der Waals surface area contributed by atoms with Crippen molar-refractivity contribution in [3.05, 3.63) is 53.6 Å². The Kier molecular flexibility index (Phi) is 9.04. The Labute approximate surface area is 281 Å². The highest BCUT2D eigenvalue weighted by atomic mass is 16.5. The number of aliphatic imine (C=N–C) groups is 1. The Balaban J connectivity index is 1.28. The zero-order valence-corrected chi connectivity index (χ0v) is 29.4. The van der Waals surface area contributed by atoms with Gasteiger partial charge in [0.25, 0.3) is 5.91 Å². The highest BCUT2D eigenvalue weighted by Gasteiger charge is 2.66. The molecule has 6 nitrogen and oxygen atoms in total. The van der Waals surface area contributed by atoms with E-state index in [0.29, 0.717) is 41.1 Å². The number of carboxylic acid groups (broad SMARTS) is 1. The van der Waals surface area contributed by atoms with E-state index in [9.17, 15) is 24.9 Å². The fourth-order valence-corrected chi connectivity index (χ4v) is 12.1. The van der Waals surface area contributed by atoms with Crippen molar-refractivity contribution < 1.29 is 24.9 Å². The van der Waals surface area contributed by atoms with Crippen LogP contribution in [-0.4, -0.2) is 33.4 Å². The average molecular weight is 644 g/mol. The van der Waals surface area contributed by atoms with Crippen LogP contribution in [0.2, 0.25) is 0 Å². The number of fused-ring (bicyclic) bond motifs is 7. The van der Waals surface area contributed by atoms with Crippen molar-refractivity contribution in [3.63, 3.8) is 0 Å². The summed E-state index contributed by atoms with van der Waals surface area (Å²) in [4.78, 5) is 30.5. The van der Waals surface area contributed by atoms with Crippen molar-refractivity contribution in [1.82, 2.24) is 0 Å². The van der Waals surface area contributed by atoms with Crippen LogP contribution in [0, 0.1) is 69.5 Å². The molecule has 0 aliphatic heterocycles. The van der Waals surface area contributed by atoms with Crippen molar-refractivity contribution in [2.75, 3.05) is 0 Å². The molecule has 0 radical (unpaired) electrons. The predicted molar refractivity (Wildman–Crippen MR) is 186 cm³/mol. The molecule has 6 unspecified atom stereocenters. The number of aliphatic hydroxyl groups is 2. The number of benzene rings is 1. The number of amides is 1. The Hall–Kier alpha value is -2.57. The number of carboxylic acids is 1. The van der Waals surface area contributed by atoms with Gasteiger partial charge in [0.1, 0.15) is 0 Å². The van der Waals surface area contributed by atoms with Gasteiger partial charge >= 0.3 is 5.97 Å². The highest BCUT2D eigenvalue weighted by Crippen LogP contribution is 2.72. The molecule has 3 N–H and O–H groups in total. The minimum absolute atomic E-state index is 0.0252. The molecule has 1 aromatic rings. The molecule has 0 spiro atoms. The summed E-state index contributed by atoms with van der Waals surface area (Å²) in [5.41, 5.74) is 3.95. The van der Waals surface area contributed by atoms with Gasteiger partial charge in [-0.25, -0.2) is 4.99 Å². The monoisotopic (exact) mass is 643 g/mol. The first-order chi connectivity index (χ1) is 22.1. The molecular weight excluding hydrogens is 586 g/mol. The van der Waals surface area contributed by atoms with E-state index in [0.717, 1.165) is 38.5 Å². The number of allylic oxidation sites excluding steroid dienone is 3. The molecule has 6 heteroatoms. The van der Waals surface area contributed by atoms with Gasteiger partial charge in [0.2, 0.25) is 0 Å². The Morgan fingerprint density at radius 1 is 0.915 bits per heavy atom. The number of rotatable bonds is 7. The van der Waals surface area contributed by atoms with Gasteiger partial charge in [0.15, 0.2) is 6.29 Å². The smallest absolute Gasteiger partial charge is 0.312 e. The first-order valence-electron chi connectivity index (χ1n) is 18.3. The molecule has 5 aliphatic rings. The summed E-state index contributed by atoms with van der Waals surface area (Å²) in [6.45, 7) is 17.7. The predicted octanol–water partition coefficient (Wildman–Crippen LogP) is 8.49. The summed E-state index contributed by atoms with van der Waals surface area (Å²) in [5, 5.41) is 29.0. The molecule has 4 saturated carbocycles. The lowest BCUT2D eigenvalue weighted by atomic mass is 9.40. The lowest BCUT2D eigenvalue weighted by Gasteiger charge is -2.65. The summed E-state index contributed by atoms with van der Waals surface area (Å²) in [7, 11) is 0. The maximum Gasteiger partial charge on any atom is 0.312 e. The van der Waals surface area contributed by atoms with Gasteiger partial charge < -0.3 is 15.3 Å². The van der Waals surface area contributed by atoms with Gasteiger partial charge in [-0.1, -0.05) is 77.1 Å². The van der Waals surface area contributed by atoms with Crippen LogP contribution < -0.4 is 0 Å². The zero-order valence-electron chi connectivity index (χ0n) is 29.4. The normalized spacial score (nSPS) is 38.3. The number of carbonyl (C=O) groups is 2. The van der Waals surface area contributed by atoms with Crippen LogP contribution in [0.4, 0.5) is 0 Å². The number of carbonyl (C=O) groups excluding carboxylic acids is 1. The zero-order chi connectivity index (χ0) is 34.1. The van der Waals surface area contributed by atoms with Crippen molar-refractivity contribution in [3.8, 4) is 0 Å². The number of hydrogen-bond donors (Lipinski definition) is 3. The van der Waals surface area contributed by atoms with Crippen molar-refractivity contribution >= 4 is 23.7 Å². The van der Waals surface area contributed by atoms with Crippen LogP contribution in [0.5, 0.6) is 0 Å². The van der Waals surface area contributed by atoms with Crippen molar-refractivity contribution in [2.45, 2.75) is 106 Å². The second-order valence-electron chi connectivity index (χ2n) is 17.2. The van der Waals surface area contributed by atoms with Crippen LogP contribution in [0.15, 0.2) is 47.5 Å². The van der Waals surface area contributed by atoms with E-state index in [1.54, 1.807) is 0 Å². The van der Waals surface area contributed by atoms with E-state index >= 15 is 0 Å². The molecule has 0 bridgehead atoms. The number of hydrogen-bond acceptors (Lipinski definition) is 4. The first-order valence-corrected chi connectivity index (χ1v) is 18.3. The lowest BCUT2D eigenvalue weighted by Crippen LogP contribution is -2.59. The quantitative estimate of drug-likeness (QED) is 0.157. The van der Waals surface area contributed by atoms with E-state index in [-0.39, 0.29) is 28.6 Å². The van der Waals surface area contributed by atoms with Gasteiger partial charge in [-0.15, -0.1) is 0 Å². The standard InChI is InChI=1S/C41H57NO5/c1-23(2)27-18-19-41(38(47)42-22-30(24(3)4)37(45)46)21-20-40(7)33-17-16-32-28(29(33)13-15-34(40)35(27)41)12-14-31(39(32,5)6)25-8-10-26(11-9-25)36(43)44/h8-11,14,22,24,27-30,32-36,43-44H,1,12-13,15-21H2,2-7H3,(H,45,46)/t27-,28?,29?,30?,32?,33?,34+,35?,40-,41-/m0/s1. The average Bonchev–Trinajstić information content (AvgIpc) is 3.42. The Morgan fingerprint density at radius 3 is 2.19 bits per heavy atom. The van der Waals surface area contributed by atoms with E-state index in [4.69, 9.17) is 0 Å². The summed E-state index contributed by atoms with van der Waals surface area (Å²) in [5.74, 6) is 1.65. The van der Waals surface area contributed by atoms with Gasteiger partial charge in [0.05, 0.1) is 11.3 Å². The van der Waals surface area contributed by atoms with Crippen LogP contribution in [0.1, 0.15) is 117 Å². The third-order valence-electron chi connectivity index (χ3n) is 14.5. The maximum absolute atomic E-state index is 14.2. The fraction of sp³-hybridized carbons (Fsp3) is 0.683. The van der Waals surface area contributed by atoms with Gasteiger partial charge in [0, 0.05) is 11.8 Å². The first kappa shape index (κ1) is 34.3. The number of aliphatic hydroxyl groups excluding tert-OH is 1. The Bertz CT molecular complexity index is 1450. The number of aliphatic carboxylic acids is 1. The molecule has 1 aromatic carbocycles. The summed E-state index contributed by atoms with van der Waals surface area (Å²) >= 11 is 0. The van der Waals surface area contributed by atoms with Gasteiger partial charge in [-0.05, 0) is 134 Å². The summed E-state index contributed by atoms with van der Waals surface area (Å²) in [6, 6.07) is 7.75. The molecule has 6 rings (SSSR count). The number of nitrogens with zero attached hydrogens (tertiary/aromatic N) is 1. The second kappa shape index (κ2) is 12.4. The largest absolute Gasteiger partial charge is 0.481 e. The molecular formula is C41H57NO5. The second-order valence-corrected chi connectivity index (χ2v) is 17.2. The van der Waals surface area contributed by atoms with Gasteiger partial charge in [-0.3, -0.25) is 9.59 Å². The van der Waals surface area contributed by atoms with E-state index in [2.05, 4.69) is 45.3 Å². The molecule has 10 atom stereocenters. The SMILES string of the molecule is C=C(C)[C@@H]1CC[C@]2(C(=O)N=CC(C(=O)O)C(C)C)CC[C@@]3(C)C4CCC5C(CC=C(c6ccc(C(O)O)cc6)C5(C)C)C4CC[C@@H]3C12. The van der Waals surface area contributed by atoms with Crippen LogP contribution in [0.3, 0.4) is 0 Å². The van der Waals surface area contributed by atoms with E-state index in [1.807, 2.05) is 38.1 Å². The van der Waals surface area contributed by atoms with Crippen LogP contribution in [-0.2, 0) is 9.59 Å². The third-order valence-corrected chi connectivity index (χ3v) is 14.5. The molecule has 0 heterocycles. The molecule has 4 fully saturated rings. The highest BCUT2D eigenvalue weighted by molar-refractivity contribution is 5.97. The van der Waals surface area contributed by atoms with E-state index < -0.39 is 23.6 Å². The molecule has 47 heavy (non-hydrogen) atoms. The summed E-state index contributed by atoms with van der Waals surface area (Å²) in [6.07, 6.45) is 12.0. The summed E-state index contributed by atoms with van der Waals surface area (Å²) < 4.78 is 0. The molecule has 5 aliphatic carbocycles. The topological polar surface area (TPSA) is 107 Å². The maximum atomic E-state index is 14.2. The Morgan fingerprint density at radius 2 is 1.57 bits per heavy atom. The molecule has 0 saturated heterocycles. The minimum Gasteiger partial charge on any atom is -0.481 e. The van der Waals surface area contributed by atoms with Crippen molar-refractivity contribution in [1.29, 1.82) is 0 Å². The minimum atomic E-state index is -1.45. The molecule has 1 amide bonds. The van der Waals surface area contributed by atoms with Gasteiger partial charge in [-0.2, -0.15) is 0 Å². The molecule has 256 valence electrons. The van der Waals surface area contributed by atoms with Crippen LogP contribution in [0.25, 0.3) is 5.57 Å². The van der Waals surface area contributed by atoms with E-state index in [1.165, 1.54) is 42.2 Å².